The highest BCUT2D eigenvalue weighted by Crippen LogP contribution is 2.31. The number of fused-ring (bicyclic) bond motifs is 1. The van der Waals surface area contributed by atoms with Crippen LogP contribution in [0.1, 0.15) is 22.8 Å². The van der Waals surface area contributed by atoms with E-state index in [2.05, 4.69) is 38.4 Å². The Morgan fingerprint density at radius 3 is 2.76 bits per heavy atom. The number of nitrogens with zero attached hydrogens (tertiary/aromatic N) is 2. The molecular formula is C26H28N4O3S. The van der Waals surface area contributed by atoms with Gasteiger partial charge in [-0.2, -0.15) is 11.3 Å². The van der Waals surface area contributed by atoms with Crippen molar-refractivity contribution in [2.75, 3.05) is 37.6 Å². The molecule has 176 valence electrons. The Bertz CT molecular complexity index is 1130. The van der Waals surface area contributed by atoms with Gasteiger partial charge in [-0.3, -0.25) is 14.6 Å². The van der Waals surface area contributed by atoms with E-state index in [1.807, 2.05) is 42.5 Å². The number of urea groups is 1. The number of benzene rings is 2. The summed E-state index contributed by atoms with van der Waals surface area (Å²) in [5.74, 6) is 0.924. The summed E-state index contributed by atoms with van der Waals surface area (Å²) in [4.78, 5) is 28.4. The molecule has 3 amide bonds. The van der Waals surface area contributed by atoms with Gasteiger partial charge in [-0.15, -0.1) is 0 Å². The second kappa shape index (κ2) is 10.3. The second-order valence-electron chi connectivity index (χ2n) is 8.58. The molecule has 1 aromatic heterocycles. The maximum atomic E-state index is 12.5. The quantitative estimate of drug-likeness (QED) is 0.547. The molecule has 0 radical (unpaired) electrons. The van der Waals surface area contributed by atoms with Crippen molar-refractivity contribution in [3.8, 4) is 5.75 Å². The lowest BCUT2D eigenvalue weighted by molar-refractivity contribution is -0.120. The maximum absolute atomic E-state index is 12.5. The molecular weight excluding hydrogens is 448 g/mol. The average Bonchev–Trinajstić information content (AvgIpc) is 3.49. The van der Waals surface area contributed by atoms with Crippen LogP contribution < -0.4 is 20.3 Å². The lowest BCUT2D eigenvalue weighted by Crippen LogP contribution is -2.37. The molecule has 2 aliphatic rings. The highest BCUT2D eigenvalue weighted by molar-refractivity contribution is 7.07. The van der Waals surface area contributed by atoms with E-state index in [9.17, 15) is 9.59 Å². The molecule has 34 heavy (non-hydrogen) atoms. The van der Waals surface area contributed by atoms with Crippen molar-refractivity contribution in [1.82, 2.24) is 15.5 Å². The Morgan fingerprint density at radius 1 is 1.15 bits per heavy atom. The first-order valence-electron chi connectivity index (χ1n) is 11.6. The Hall–Kier alpha value is -3.36. The Morgan fingerprint density at radius 2 is 2.00 bits per heavy atom. The fourth-order valence-electron chi connectivity index (χ4n) is 4.39. The van der Waals surface area contributed by atoms with Crippen LogP contribution in [0.4, 0.5) is 10.5 Å². The number of para-hydroxylation sites is 1. The Balaban J connectivity index is 1.15. The zero-order valence-electron chi connectivity index (χ0n) is 18.9. The standard InChI is InChI=1S/C26H28N4O3S/c31-25(15-19-5-7-22(8-6-19)30-13-11-28-26(30)32)27-10-12-29-16-20-3-1-2-4-23(20)33-24(17-29)21-9-14-34-18-21/h1-9,14,18,24H,10-13,15-17H2,(H,27,31)(H,28,32). The number of thiophene rings is 1. The van der Waals surface area contributed by atoms with Crippen molar-refractivity contribution in [3.05, 3.63) is 82.0 Å². The predicted octanol–water partition coefficient (Wildman–Crippen LogP) is 3.57. The highest BCUT2D eigenvalue weighted by Gasteiger charge is 2.24. The maximum Gasteiger partial charge on any atom is 0.321 e. The second-order valence-corrected chi connectivity index (χ2v) is 9.36. The Kier molecular flexibility index (Phi) is 6.78. The Labute approximate surface area is 203 Å². The molecule has 0 bridgehead atoms. The molecule has 2 N–H and O–H groups in total. The van der Waals surface area contributed by atoms with Crippen molar-refractivity contribution in [2.24, 2.45) is 0 Å². The van der Waals surface area contributed by atoms with E-state index < -0.39 is 0 Å². The predicted molar refractivity (Wildman–Crippen MR) is 133 cm³/mol. The van der Waals surface area contributed by atoms with Gasteiger partial charge < -0.3 is 15.4 Å². The van der Waals surface area contributed by atoms with Gasteiger partial charge in [0.1, 0.15) is 11.9 Å². The van der Waals surface area contributed by atoms with E-state index in [4.69, 9.17) is 4.74 Å². The van der Waals surface area contributed by atoms with E-state index in [-0.39, 0.29) is 18.0 Å². The number of ether oxygens (including phenoxy) is 1. The molecule has 1 fully saturated rings. The van der Waals surface area contributed by atoms with Crippen molar-refractivity contribution < 1.29 is 14.3 Å². The summed E-state index contributed by atoms with van der Waals surface area (Å²) in [5, 5.41) is 10.1. The molecule has 1 saturated heterocycles. The van der Waals surface area contributed by atoms with Crippen LogP contribution in [0.2, 0.25) is 0 Å². The minimum absolute atomic E-state index is 0.00692. The van der Waals surface area contributed by atoms with Gasteiger partial charge in [0.25, 0.3) is 0 Å². The van der Waals surface area contributed by atoms with E-state index in [1.165, 1.54) is 11.1 Å². The monoisotopic (exact) mass is 476 g/mol. The summed E-state index contributed by atoms with van der Waals surface area (Å²) in [6.45, 7) is 4.20. The van der Waals surface area contributed by atoms with Crippen LogP contribution in [0.5, 0.6) is 5.75 Å². The first kappa shape index (κ1) is 22.4. The molecule has 1 unspecified atom stereocenters. The first-order valence-corrected chi connectivity index (χ1v) is 12.5. The number of carbonyl (C=O) groups is 2. The van der Waals surface area contributed by atoms with Crippen molar-refractivity contribution in [2.45, 2.75) is 19.1 Å². The summed E-state index contributed by atoms with van der Waals surface area (Å²) in [6.07, 6.45) is 0.289. The summed E-state index contributed by atoms with van der Waals surface area (Å²) in [6, 6.07) is 17.8. The molecule has 7 nitrogen and oxygen atoms in total. The van der Waals surface area contributed by atoms with Crippen molar-refractivity contribution in [1.29, 1.82) is 0 Å². The number of carbonyl (C=O) groups excluding carboxylic acids is 2. The fourth-order valence-corrected chi connectivity index (χ4v) is 5.10. The van der Waals surface area contributed by atoms with Crippen LogP contribution in [0.3, 0.4) is 0 Å². The SMILES string of the molecule is O=C(Cc1ccc(N2CCNC2=O)cc1)NCCN1Cc2ccccc2OC(c2ccsc2)C1. The topological polar surface area (TPSA) is 73.9 Å². The lowest BCUT2D eigenvalue weighted by Gasteiger charge is -2.23. The van der Waals surface area contributed by atoms with Gasteiger partial charge >= 0.3 is 6.03 Å². The molecule has 2 aliphatic heterocycles. The van der Waals surface area contributed by atoms with Gasteiger partial charge in [0, 0.05) is 56.1 Å². The normalized spacial score (nSPS) is 18.1. The highest BCUT2D eigenvalue weighted by atomic mass is 32.1. The number of anilines is 1. The summed E-state index contributed by atoms with van der Waals surface area (Å²) >= 11 is 1.68. The molecule has 8 heteroatoms. The number of hydrogen-bond acceptors (Lipinski definition) is 5. The van der Waals surface area contributed by atoms with Crippen molar-refractivity contribution >= 4 is 29.0 Å². The van der Waals surface area contributed by atoms with Crippen LogP contribution in [-0.2, 0) is 17.8 Å². The fraction of sp³-hybridized carbons (Fsp3) is 0.308. The minimum Gasteiger partial charge on any atom is -0.484 e. The third-order valence-electron chi connectivity index (χ3n) is 6.19. The van der Waals surface area contributed by atoms with Crippen LogP contribution in [0.25, 0.3) is 0 Å². The number of rotatable bonds is 7. The number of hydrogen-bond donors (Lipinski definition) is 2. The van der Waals surface area contributed by atoms with E-state index >= 15 is 0 Å². The molecule has 0 saturated carbocycles. The summed E-state index contributed by atoms with van der Waals surface area (Å²) in [7, 11) is 0. The summed E-state index contributed by atoms with van der Waals surface area (Å²) in [5.41, 5.74) is 4.13. The van der Waals surface area contributed by atoms with Crippen LogP contribution in [0, 0.1) is 0 Å². The van der Waals surface area contributed by atoms with Gasteiger partial charge in [0.15, 0.2) is 0 Å². The first-order chi connectivity index (χ1) is 16.7. The molecule has 2 aromatic carbocycles. The van der Waals surface area contributed by atoms with Gasteiger partial charge in [-0.25, -0.2) is 4.79 Å². The molecule has 1 atom stereocenters. The zero-order chi connectivity index (χ0) is 23.3. The van der Waals surface area contributed by atoms with E-state index in [0.29, 0.717) is 26.1 Å². The minimum atomic E-state index is -0.0757. The van der Waals surface area contributed by atoms with Crippen LogP contribution >= 0.6 is 11.3 Å². The third-order valence-corrected chi connectivity index (χ3v) is 6.90. The largest absolute Gasteiger partial charge is 0.484 e. The zero-order valence-corrected chi connectivity index (χ0v) is 19.7. The number of nitrogens with one attached hydrogen (secondary N) is 2. The lowest BCUT2D eigenvalue weighted by atomic mass is 10.1. The molecule has 0 spiro atoms. The molecule has 0 aliphatic carbocycles. The van der Waals surface area contributed by atoms with Gasteiger partial charge in [-0.05, 0) is 40.6 Å². The van der Waals surface area contributed by atoms with Gasteiger partial charge in [0.2, 0.25) is 5.91 Å². The van der Waals surface area contributed by atoms with Gasteiger partial charge in [-0.1, -0.05) is 30.3 Å². The van der Waals surface area contributed by atoms with Gasteiger partial charge in [0.05, 0.1) is 6.42 Å². The smallest absolute Gasteiger partial charge is 0.321 e. The van der Waals surface area contributed by atoms with E-state index in [0.717, 1.165) is 36.6 Å². The van der Waals surface area contributed by atoms with E-state index in [1.54, 1.807) is 16.2 Å². The molecule has 3 heterocycles. The average molecular weight is 477 g/mol. The van der Waals surface area contributed by atoms with Crippen molar-refractivity contribution in [3.63, 3.8) is 0 Å². The molecule has 3 aromatic rings. The molecule has 5 rings (SSSR count). The summed E-state index contributed by atoms with van der Waals surface area (Å²) < 4.78 is 6.34. The van der Waals surface area contributed by atoms with Crippen LogP contribution in [-0.4, -0.2) is 49.6 Å². The third kappa shape index (κ3) is 5.24. The number of amides is 3. The van der Waals surface area contributed by atoms with Crippen LogP contribution in [0.15, 0.2) is 65.4 Å².